The molecule has 0 fully saturated rings. The molecule has 1 N–H and O–H groups in total. The highest BCUT2D eigenvalue weighted by molar-refractivity contribution is 7.13. The van der Waals surface area contributed by atoms with Crippen LogP contribution in [0.15, 0.2) is 35.8 Å². The number of nitrogens with one attached hydrogen (secondary N) is 1. The molecule has 1 aromatic carbocycles. The fourth-order valence-corrected chi connectivity index (χ4v) is 3.56. The van der Waals surface area contributed by atoms with Gasteiger partial charge in [0.15, 0.2) is 11.7 Å². The second kappa shape index (κ2) is 7.34. The minimum atomic E-state index is -0.206. The van der Waals surface area contributed by atoms with Gasteiger partial charge in [0.05, 0.1) is 0 Å². The Labute approximate surface area is 148 Å². The zero-order chi connectivity index (χ0) is 17.8. The van der Waals surface area contributed by atoms with Crippen LogP contribution in [0.4, 0.5) is 5.13 Å². The van der Waals surface area contributed by atoms with Crippen LogP contribution in [-0.2, 0) is 10.2 Å². The van der Waals surface area contributed by atoms with Crippen LogP contribution >= 0.6 is 11.3 Å². The van der Waals surface area contributed by atoms with Gasteiger partial charge >= 0.3 is 0 Å². The van der Waals surface area contributed by atoms with Crippen LogP contribution in [0, 0.1) is 5.41 Å². The number of benzene rings is 1. The predicted molar refractivity (Wildman–Crippen MR) is 99.8 cm³/mol. The van der Waals surface area contributed by atoms with Gasteiger partial charge in [-0.15, -0.1) is 11.3 Å². The number of hydrogen-bond acceptors (Lipinski definition) is 4. The molecule has 0 spiro atoms. The van der Waals surface area contributed by atoms with Crippen LogP contribution in [0.25, 0.3) is 0 Å². The Morgan fingerprint density at radius 2 is 1.83 bits per heavy atom. The lowest BCUT2D eigenvalue weighted by Gasteiger charge is -2.33. The Kier molecular flexibility index (Phi) is 5.65. The number of carbonyl (C=O) groups excluding carboxylic acids is 1. The van der Waals surface area contributed by atoms with Crippen molar-refractivity contribution in [2.45, 2.75) is 46.5 Å². The van der Waals surface area contributed by atoms with Gasteiger partial charge in [0, 0.05) is 11.6 Å². The van der Waals surface area contributed by atoms with Gasteiger partial charge in [0.1, 0.15) is 5.75 Å². The molecule has 0 saturated heterocycles. The zero-order valence-corrected chi connectivity index (χ0v) is 15.9. The second-order valence-electron chi connectivity index (χ2n) is 7.82. The number of anilines is 1. The predicted octanol–water partition coefficient (Wildman–Crippen LogP) is 4.87. The maximum Gasteiger partial charge on any atom is 0.264 e. The van der Waals surface area contributed by atoms with Gasteiger partial charge in [-0.05, 0) is 34.9 Å². The Hall–Kier alpha value is -1.88. The van der Waals surface area contributed by atoms with E-state index in [1.807, 2.05) is 17.5 Å². The lowest BCUT2D eigenvalue weighted by Crippen LogP contribution is -2.24. The number of hydrogen-bond donors (Lipinski definition) is 1. The van der Waals surface area contributed by atoms with E-state index in [1.165, 1.54) is 16.9 Å². The molecule has 0 radical (unpaired) electrons. The Morgan fingerprint density at radius 3 is 2.38 bits per heavy atom. The van der Waals surface area contributed by atoms with E-state index in [2.05, 4.69) is 57.1 Å². The van der Waals surface area contributed by atoms with Crippen molar-refractivity contribution >= 4 is 22.4 Å². The highest BCUT2D eigenvalue weighted by Crippen LogP contribution is 2.36. The Morgan fingerprint density at radius 1 is 1.17 bits per heavy atom. The van der Waals surface area contributed by atoms with Crippen LogP contribution < -0.4 is 10.1 Å². The molecule has 2 aromatic rings. The molecule has 5 heteroatoms. The topological polar surface area (TPSA) is 51.2 Å². The number of carbonyl (C=O) groups is 1. The Balaban J connectivity index is 1.91. The van der Waals surface area contributed by atoms with Gasteiger partial charge in [-0.2, -0.15) is 0 Å². The lowest BCUT2D eigenvalue weighted by molar-refractivity contribution is -0.118. The van der Waals surface area contributed by atoms with Crippen molar-refractivity contribution in [3.05, 3.63) is 41.4 Å². The lowest BCUT2D eigenvalue weighted by atomic mass is 9.72. The van der Waals surface area contributed by atoms with Crippen molar-refractivity contribution in [2.24, 2.45) is 5.41 Å². The smallest absolute Gasteiger partial charge is 0.264 e. The first kappa shape index (κ1) is 18.5. The molecule has 0 aliphatic carbocycles. The third-order valence-corrected chi connectivity index (χ3v) is 4.35. The van der Waals surface area contributed by atoms with Gasteiger partial charge in [-0.1, -0.05) is 46.8 Å². The molecular formula is C19H26N2O2S. The molecule has 0 aliphatic rings. The van der Waals surface area contributed by atoms with Crippen LogP contribution in [-0.4, -0.2) is 17.5 Å². The summed E-state index contributed by atoms with van der Waals surface area (Å²) in [5, 5.41) is 5.10. The number of ether oxygens (including phenoxy) is 1. The van der Waals surface area contributed by atoms with E-state index in [9.17, 15) is 4.79 Å². The molecule has 0 bridgehead atoms. The van der Waals surface area contributed by atoms with E-state index in [4.69, 9.17) is 4.74 Å². The molecule has 1 amide bonds. The van der Waals surface area contributed by atoms with Crippen LogP contribution in [0.2, 0.25) is 0 Å². The summed E-state index contributed by atoms with van der Waals surface area (Å²) in [6, 6.07) is 8.02. The zero-order valence-electron chi connectivity index (χ0n) is 15.1. The standard InChI is InChI=1S/C19H26N2O2S/c1-18(2,3)13-19(4,5)14-6-8-15(9-7-14)23-12-16(22)21-17-20-10-11-24-17/h6-11H,12-13H2,1-5H3,(H,20,21,22). The first-order chi connectivity index (χ1) is 11.2. The minimum Gasteiger partial charge on any atom is -0.484 e. The Bertz CT molecular complexity index is 656. The van der Waals surface area contributed by atoms with Crippen molar-refractivity contribution < 1.29 is 9.53 Å². The third-order valence-electron chi connectivity index (χ3n) is 3.66. The quantitative estimate of drug-likeness (QED) is 0.811. The molecule has 2 rings (SSSR count). The van der Waals surface area contributed by atoms with E-state index >= 15 is 0 Å². The summed E-state index contributed by atoms with van der Waals surface area (Å²) in [6.45, 7) is 11.3. The summed E-state index contributed by atoms with van der Waals surface area (Å²) >= 11 is 1.38. The normalized spacial score (nSPS) is 12.0. The summed E-state index contributed by atoms with van der Waals surface area (Å²) in [5.41, 5.74) is 1.64. The van der Waals surface area contributed by atoms with Gasteiger partial charge in [-0.3, -0.25) is 10.1 Å². The van der Waals surface area contributed by atoms with Gasteiger partial charge < -0.3 is 4.74 Å². The number of aromatic nitrogens is 1. The monoisotopic (exact) mass is 346 g/mol. The third kappa shape index (κ3) is 5.64. The molecule has 1 aromatic heterocycles. The summed E-state index contributed by atoms with van der Waals surface area (Å²) in [4.78, 5) is 15.8. The molecule has 4 nitrogen and oxygen atoms in total. The van der Waals surface area contributed by atoms with Gasteiger partial charge in [0.25, 0.3) is 5.91 Å². The largest absolute Gasteiger partial charge is 0.484 e. The number of nitrogens with zero attached hydrogens (tertiary/aromatic N) is 1. The average Bonchev–Trinajstić information content (AvgIpc) is 2.96. The highest BCUT2D eigenvalue weighted by Gasteiger charge is 2.27. The maximum absolute atomic E-state index is 11.8. The molecule has 0 saturated carbocycles. The first-order valence-electron chi connectivity index (χ1n) is 8.08. The van der Waals surface area contributed by atoms with E-state index < -0.39 is 0 Å². The summed E-state index contributed by atoms with van der Waals surface area (Å²) in [7, 11) is 0. The molecule has 0 atom stereocenters. The number of thiazole rings is 1. The summed E-state index contributed by atoms with van der Waals surface area (Å²) < 4.78 is 5.55. The van der Waals surface area contributed by atoms with Gasteiger partial charge in [0.2, 0.25) is 0 Å². The second-order valence-corrected chi connectivity index (χ2v) is 8.71. The van der Waals surface area contributed by atoms with E-state index in [1.54, 1.807) is 6.20 Å². The summed E-state index contributed by atoms with van der Waals surface area (Å²) in [5.74, 6) is 0.488. The molecule has 1 heterocycles. The van der Waals surface area contributed by atoms with Crippen LogP contribution in [0.1, 0.15) is 46.6 Å². The molecule has 0 aliphatic heterocycles. The van der Waals surface area contributed by atoms with Crippen molar-refractivity contribution in [1.82, 2.24) is 4.98 Å². The highest BCUT2D eigenvalue weighted by atomic mass is 32.1. The number of amides is 1. The molecule has 130 valence electrons. The SMILES string of the molecule is CC(C)(C)CC(C)(C)c1ccc(OCC(=O)Nc2nccs2)cc1. The van der Waals surface area contributed by atoms with Crippen molar-refractivity contribution in [2.75, 3.05) is 11.9 Å². The van der Waals surface area contributed by atoms with E-state index in [0.717, 1.165) is 6.42 Å². The summed E-state index contributed by atoms with van der Waals surface area (Å²) in [6.07, 6.45) is 2.75. The maximum atomic E-state index is 11.8. The van der Waals surface area contributed by atoms with E-state index in [0.29, 0.717) is 10.9 Å². The fourth-order valence-electron chi connectivity index (χ4n) is 3.02. The fraction of sp³-hybridized carbons (Fsp3) is 0.474. The van der Waals surface area contributed by atoms with Crippen molar-refractivity contribution in [3.8, 4) is 5.75 Å². The average molecular weight is 346 g/mol. The minimum absolute atomic E-state index is 0.0235. The molecule has 24 heavy (non-hydrogen) atoms. The molecular weight excluding hydrogens is 320 g/mol. The first-order valence-corrected chi connectivity index (χ1v) is 8.96. The number of rotatable bonds is 6. The van der Waals surface area contributed by atoms with Crippen LogP contribution in [0.5, 0.6) is 5.75 Å². The van der Waals surface area contributed by atoms with Crippen molar-refractivity contribution in [3.63, 3.8) is 0 Å². The van der Waals surface area contributed by atoms with Crippen LogP contribution in [0.3, 0.4) is 0 Å². The van der Waals surface area contributed by atoms with E-state index in [-0.39, 0.29) is 23.3 Å². The van der Waals surface area contributed by atoms with Gasteiger partial charge in [-0.25, -0.2) is 4.98 Å². The van der Waals surface area contributed by atoms with Crippen molar-refractivity contribution in [1.29, 1.82) is 0 Å². The molecule has 0 unspecified atom stereocenters.